The number of oxazole rings is 1. The van der Waals surface area contributed by atoms with E-state index in [1.165, 1.54) is 47.0 Å². The number of benzene rings is 8. The second kappa shape index (κ2) is 18.4. The SMILES string of the molecule is CC(C)c1cc(-c2ccccc2)cc(C(C)C)c1-n1c(-c2[c-]ccc3c2oc2cc4c(cc23)oc2ccccc24)nc2ccc3cc4ncoc4cc3c21.[2H]C([2H])([2H])c1c[c-]c(-c2ncc(C([2H])([2H])[2H])c(C(C)(C)C)n2)cc1.[Ir]. The molecule has 0 atom stereocenters. The van der Waals surface area contributed by atoms with Crippen molar-refractivity contribution in [3.63, 3.8) is 0 Å². The van der Waals surface area contributed by atoms with Crippen LogP contribution in [0.1, 0.15) is 96.5 Å². The fraction of sp³-hybridized carbons (Fsp3) is 0.188. The van der Waals surface area contributed by atoms with Crippen LogP contribution in [0.3, 0.4) is 0 Å². The Morgan fingerprint density at radius 2 is 1.37 bits per heavy atom. The smallest absolute Gasteiger partial charge is 0.181 e. The van der Waals surface area contributed by atoms with Gasteiger partial charge < -0.3 is 17.8 Å². The monoisotopic (exact) mass is 1140 g/mol. The van der Waals surface area contributed by atoms with Crippen LogP contribution < -0.4 is 0 Å². The van der Waals surface area contributed by atoms with E-state index in [-0.39, 0.29) is 43.1 Å². The zero-order valence-electron chi connectivity index (χ0n) is 47.3. The Bertz CT molecular complexity index is 4440. The first-order valence-corrected chi connectivity index (χ1v) is 24.2. The van der Waals surface area contributed by atoms with Crippen molar-refractivity contribution in [3.05, 3.63) is 186 Å². The van der Waals surface area contributed by atoms with Crippen molar-refractivity contribution in [1.82, 2.24) is 24.5 Å². The van der Waals surface area contributed by atoms with E-state index in [1.807, 2.05) is 45.0 Å². The predicted molar refractivity (Wildman–Crippen MR) is 293 cm³/mol. The Balaban J connectivity index is 0.000000224. The maximum Gasteiger partial charge on any atom is 0.181 e. The number of hydrogen-bond acceptors (Lipinski definition) is 7. The molecule has 13 aromatic rings. The molecule has 8 nitrogen and oxygen atoms in total. The number of furan rings is 2. The number of fused-ring (bicyclic) bond motifs is 10. The van der Waals surface area contributed by atoms with Crippen LogP contribution >= 0.6 is 0 Å². The molecule has 13 rings (SSSR count). The Kier molecular flexibility index (Phi) is 10.3. The van der Waals surface area contributed by atoms with E-state index in [0.717, 1.165) is 93.9 Å². The number of aryl methyl sites for hydroxylation is 2. The molecule has 363 valence electrons. The average Bonchev–Trinajstić information content (AvgIpc) is 3.77. The topological polar surface area (TPSA) is 95.9 Å². The molecule has 0 aliphatic rings. The van der Waals surface area contributed by atoms with E-state index in [4.69, 9.17) is 26.5 Å². The van der Waals surface area contributed by atoms with Gasteiger partial charge in [0.2, 0.25) is 0 Å². The van der Waals surface area contributed by atoms with Gasteiger partial charge in [-0.2, -0.15) is 0 Å². The Hall–Kier alpha value is -7.71. The van der Waals surface area contributed by atoms with Crippen molar-refractivity contribution in [1.29, 1.82) is 0 Å². The van der Waals surface area contributed by atoms with E-state index in [2.05, 4.69) is 150 Å². The molecule has 0 aliphatic heterocycles. The molecule has 9 heteroatoms. The van der Waals surface area contributed by atoms with Gasteiger partial charge in [0.15, 0.2) is 12.0 Å². The first kappa shape index (κ1) is 40.8. The van der Waals surface area contributed by atoms with Crippen LogP contribution in [-0.2, 0) is 25.5 Å². The molecule has 1 radical (unpaired) electrons. The molecule has 5 heterocycles. The number of imidazole rings is 1. The predicted octanol–water partition coefficient (Wildman–Crippen LogP) is 17.4. The second-order valence-electron chi connectivity index (χ2n) is 20.1. The molecular weight excluding hydrogens is 1080 g/mol. The zero-order chi connectivity index (χ0) is 54.6. The van der Waals surface area contributed by atoms with Crippen molar-refractivity contribution >= 4 is 76.8 Å². The van der Waals surface area contributed by atoms with Crippen molar-refractivity contribution in [2.45, 2.75) is 79.4 Å². The van der Waals surface area contributed by atoms with Crippen LogP contribution in [0.25, 0.3) is 116 Å². The van der Waals surface area contributed by atoms with Crippen LogP contribution in [0.2, 0.25) is 0 Å². The summed E-state index contributed by atoms with van der Waals surface area (Å²) >= 11 is 0. The molecule has 0 saturated carbocycles. The number of rotatable bonds is 6. The molecule has 0 spiro atoms. The van der Waals surface area contributed by atoms with E-state index < -0.39 is 19.1 Å². The van der Waals surface area contributed by atoms with Gasteiger partial charge in [-0.25, -0.2) is 4.98 Å². The minimum Gasteiger partial charge on any atom is -0.501 e. The minimum absolute atomic E-state index is 0. The maximum absolute atomic E-state index is 7.65. The van der Waals surface area contributed by atoms with E-state index >= 15 is 0 Å². The second-order valence-corrected chi connectivity index (χ2v) is 20.1. The van der Waals surface area contributed by atoms with E-state index in [1.54, 1.807) is 6.07 Å². The van der Waals surface area contributed by atoms with E-state index in [9.17, 15) is 0 Å². The quantitative estimate of drug-likeness (QED) is 0.153. The summed E-state index contributed by atoms with van der Waals surface area (Å²) in [7, 11) is 0. The van der Waals surface area contributed by atoms with Crippen molar-refractivity contribution in [2.75, 3.05) is 0 Å². The fourth-order valence-corrected chi connectivity index (χ4v) is 10.0. The van der Waals surface area contributed by atoms with Crippen LogP contribution in [0, 0.1) is 25.8 Å². The number of aromatic nitrogens is 5. The molecule has 8 aromatic carbocycles. The summed E-state index contributed by atoms with van der Waals surface area (Å²) in [5.41, 5.74) is 14.3. The van der Waals surface area contributed by atoms with Crippen LogP contribution in [0.5, 0.6) is 0 Å². The summed E-state index contributed by atoms with van der Waals surface area (Å²) < 4.78 is 66.5. The maximum atomic E-state index is 7.65. The molecule has 0 N–H and O–H groups in total. The third kappa shape index (κ3) is 8.31. The van der Waals surface area contributed by atoms with Gasteiger partial charge in [0.05, 0.1) is 28.3 Å². The molecular formula is C64H53IrN5O3-2. The van der Waals surface area contributed by atoms with Gasteiger partial charge >= 0.3 is 0 Å². The summed E-state index contributed by atoms with van der Waals surface area (Å²) in [5.74, 6) is 1.51. The fourth-order valence-electron chi connectivity index (χ4n) is 10.0. The first-order chi connectivity index (χ1) is 37.2. The normalized spacial score (nSPS) is 13.6. The van der Waals surface area contributed by atoms with Gasteiger partial charge in [0.25, 0.3) is 0 Å². The Morgan fingerprint density at radius 1 is 0.630 bits per heavy atom. The number of nitrogens with zero attached hydrogens (tertiary/aromatic N) is 5. The number of hydrogen-bond donors (Lipinski definition) is 0. The molecule has 0 saturated heterocycles. The molecule has 0 fully saturated rings. The van der Waals surface area contributed by atoms with Crippen LogP contribution in [-0.4, -0.2) is 24.5 Å². The minimum atomic E-state index is -2.30. The summed E-state index contributed by atoms with van der Waals surface area (Å²) in [4.78, 5) is 18.5. The third-order valence-corrected chi connectivity index (χ3v) is 13.5. The van der Waals surface area contributed by atoms with Gasteiger partial charge in [-0.1, -0.05) is 121 Å². The first-order valence-electron chi connectivity index (χ1n) is 27.2. The molecule has 0 amide bonds. The molecule has 0 aliphatic carbocycles. The van der Waals surface area contributed by atoms with Crippen LogP contribution in [0.15, 0.2) is 159 Å². The van der Waals surface area contributed by atoms with Crippen LogP contribution in [0.4, 0.5) is 0 Å². The van der Waals surface area contributed by atoms with Crippen molar-refractivity contribution in [2.24, 2.45) is 0 Å². The van der Waals surface area contributed by atoms with E-state index in [0.29, 0.717) is 17.1 Å². The van der Waals surface area contributed by atoms with Gasteiger partial charge in [-0.15, -0.1) is 53.6 Å². The molecule has 0 bridgehead atoms. The zero-order valence-corrected chi connectivity index (χ0v) is 43.7. The van der Waals surface area contributed by atoms with Gasteiger partial charge in [-0.05, 0) is 100 Å². The summed E-state index contributed by atoms with van der Waals surface area (Å²) in [5, 5.41) is 6.18. The Morgan fingerprint density at radius 3 is 2.10 bits per heavy atom. The van der Waals surface area contributed by atoms with Gasteiger partial charge in [-0.3, -0.25) is 15.0 Å². The summed E-state index contributed by atoms with van der Waals surface area (Å²) in [6, 6.07) is 51.2. The molecule has 5 aromatic heterocycles. The molecule has 0 unspecified atom stereocenters. The number of para-hydroxylation sites is 1. The summed E-state index contributed by atoms with van der Waals surface area (Å²) in [6.07, 6.45) is 2.83. The Labute approximate surface area is 445 Å². The largest absolute Gasteiger partial charge is 0.501 e. The van der Waals surface area contributed by atoms with Gasteiger partial charge in [0, 0.05) is 72.9 Å². The van der Waals surface area contributed by atoms with Gasteiger partial charge in [0.1, 0.15) is 22.3 Å². The standard InChI is InChI=1S/C48H34N3O3.C16H19N2.Ir/c1-26(2)34-19-30(28-11-6-5-7-12-28)20-35(27(3)4)45(34)51-46-36-22-44-40(49-25-52-44)21-29(36)17-18-39(46)50-48(51)33-15-10-14-32-38-24-42-37(23-43(38)54-47(32)33)31-13-8-9-16-41(31)53-42;1-11-6-8-13(9-7-11)15-17-10-12(2)14(18-15)16(3,4)5;/h5-14,16-27H,1-4H3;6-8,10H,1-5H3;/q2*-1;/i;1D3,2D3;. The summed E-state index contributed by atoms with van der Waals surface area (Å²) in [6.45, 7) is 10.3. The molecule has 73 heavy (non-hydrogen) atoms. The van der Waals surface area contributed by atoms with Crippen molar-refractivity contribution < 1.29 is 41.6 Å². The van der Waals surface area contributed by atoms with Crippen molar-refractivity contribution in [3.8, 4) is 39.6 Å². The third-order valence-electron chi connectivity index (χ3n) is 13.5. The average molecular weight is 1140 g/mol.